The van der Waals surface area contributed by atoms with E-state index in [1.54, 1.807) is 36.1 Å². The van der Waals surface area contributed by atoms with Gasteiger partial charge in [-0.05, 0) is 44.7 Å². The van der Waals surface area contributed by atoms with E-state index in [0.29, 0.717) is 37.9 Å². The van der Waals surface area contributed by atoms with E-state index in [2.05, 4.69) is 10.6 Å². The van der Waals surface area contributed by atoms with Crippen molar-refractivity contribution in [2.24, 2.45) is 0 Å². The Morgan fingerprint density at radius 2 is 1.85 bits per heavy atom. The summed E-state index contributed by atoms with van der Waals surface area (Å²) in [4.78, 5) is 52.7. The summed E-state index contributed by atoms with van der Waals surface area (Å²) >= 11 is 0. The third kappa shape index (κ3) is 5.08. The molecule has 0 aliphatic carbocycles. The minimum Gasteiger partial charge on any atom is -0.433 e. The van der Waals surface area contributed by atoms with E-state index in [4.69, 9.17) is 9.47 Å². The summed E-state index contributed by atoms with van der Waals surface area (Å²) in [6.07, 6.45) is 5.31. The van der Waals surface area contributed by atoms with Crippen LogP contribution in [0.25, 0.3) is 0 Å². The molecule has 176 valence electrons. The van der Waals surface area contributed by atoms with E-state index in [1.807, 2.05) is 18.2 Å². The minimum atomic E-state index is -0.826. The quantitative estimate of drug-likeness (QED) is 0.494. The van der Waals surface area contributed by atoms with Gasteiger partial charge in [0.05, 0.1) is 6.42 Å². The van der Waals surface area contributed by atoms with Crippen LogP contribution in [0.15, 0.2) is 42.5 Å². The van der Waals surface area contributed by atoms with Crippen LogP contribution in [0.2, 0.25) is 0 Å². The summed E-state index contributed by atoms with van der Waals surface area (Å²) in [6.45, 7) is 2.12. The molecular weight excluding hydrogens is 426 g/mol. The Morgan fingerprint density at radius 3 is 2.61 bits per heavy atom. The lowest BCUT2D eigenvalue weighted by atomic mass is 10.0. The fraction of sp³-hybridized carbons (Fsp3) is 0.500. The van der Waals surface area contributed by atoms with E-state index in [-0.39, 0.29) is 30.2 Å². The summed E-state index contributed by atoms with van der Waals surface area (Å²) in [5.41, 5.74) is 0.469. The third-order valence-corrected chi connectivity index (χ3v) is 6.27. The van der Waals surface area contributed by atoms with Crippen LogP contribution in [0.1, 0.15) is 49.4 Å². The van der Waals surface area contributed by atoms with Gasteiger partial charge in [0, 0.05) is 18.2 Å². The van der Waals surface area contributed by atoms with Gasteiger partial charge in [0.15, 0.2) is 0 Å². The van der Waals surface area contributed by atoms with E-state index in [1.165, 1.54) is 0 Å². The van der Waals surface area contributed by atoms with Gasteiger partial charge < -0.3 is 25.0 Å². The Balaban J connectivity index is 1.48. The first kappa shape index (κ1) is 23.0. The number of hydrogen-bond donors (Lipinski definition) is 2. The molecule has 9 heteroatoms. The van der Waals surface area contributed by atoms with Crippen molar-refractivity contribution in [3.8, 4) is 0 Å². The average Bonchev–Trinajstić information content (AvgIpc) is 3.37. The topological polar surface area (TPSA) is 114 Å². The lowest BCUT2D eigenvalue weighted by molar-refractivity contribution is -0.164. The van der Waals surface area contributed by atoms with Crippen molar-refractivity contribution in [3.63, 3.8) is 0 Å². The summed E-state index contributed by atoms with van der Waals surface area (Å²) in [6, 6.07) is 6.56. The van der Waals surface area contributed by atoms with Crippen molar-refractivity contribution in [2.45, 2.75) is 69.5 Å². The number of fused-ring (bicyclic) bond motifs is 1. The molecule has 2 fully saturated rings. The predicted octanol–water partition coefficient (Wildman–Crippen LogP) is 1.29. The molecule has 1 unspecified atom stereocenters. The average molecular weight is 456 g/mol. The number of benzene rings is 1. The maximum Gasteiger partial charge on any atom is 0.310 e. The van der Waals surface area contributed by atoms with Crippen molar-refractivity contribution < 1.29 is 28.7 Å². The molecule has 2 saturated heterocycles. The standard InChI is InChI=1S/C24H29N3O6/c1-2-32-24-18(14-20(28)33-24)26-22(30)19-13-12-16-10-6-7-11-17(23(31)27(16)19)25-21(29)15-8-4-3-5-9-15/h3-9,16-19,24H,2,10-14H2,1H3,(H,25,29)(H,26,30)/t16-,17-,18-,19-,24?/m0/s1. The van der Waals surface area contributed by atoms with Gasteiger partial charge >= 0.3 is 5.97 Å². The van der Waals surface area contributed by atoms with Gasteiger partial charge in [0.25, 0.3) is 5.91 Å². The molecule has 1 aromatic carbocycles. The Kier molecular flexibility index (Phi) is 7.08. The number of cyclic esters (lactones) is 1. The van der Waals surface area contributed by atoms with E-state index in [9.17, 15) is 19.2 Å². The Bertz CT molecular complexity index is 933. The number of esters is 1. The molecule has 1 aromatic rings. The molecule has 0 aromatic heterocycles. The van der Waals surface area contributed by atoms with Crippen molar-refractivity contribution >= 4 is 23.7 Å². The highest BCUT2D eigenvalue weighted by Gasteiger charge is 2.45. The fourth-order valence-electron chi connectivity index (χ4n) is 4.67. The number of rotatable bonds is 6. The summed E-state index contributed by atoms with van der Waals surface area (Å²) in [5.74, 6) is -1.37. The molecule has 0 saturated carbocycles. The minimum absolute atomic E-state index is 0.0268. The van der Waals surface area contributed by atoms with E-state index in [0.717, 1.165) is 0 Å². The Hall–Kier alpha value is -3.20. The van der Waals surface area contributed by atoms with Crippen molar-refractivity contribution in [1.29, 1.82) is 0 Å². The molecule has 33 heavy (non-hydrogen) atoms. The zero-order chi connectivity index (χ0) is 23.4. The number of nitrogens with zero attached hydrogens (tertiary/aromatic N) is 1. The molecule has 5 atom stereocenters. The summed E-state index contributed by atoms with van der Waals surface area (Å²) in [5, 5.41) is 5.68. The maximum atomic E-state index is 13.5. The number of nitrogens with one attached hydrogen (secondary N) is 2. The Labute approximate surface area is 192 Å². The first-order chi connectivity index (χ1) is 16.0. The molecule has 0 spiro atoms. The van der Waals surface area contributed by atoms with Gasteiger partial charge in [0.1, 0.15) is 18.1 Å². The van der Waals surface area contributed by atoms with Crippen LogP contribution in [-0.2, 0) is 23.9 Å². The van der Waals surface area contributed by atoms with Crippen LogP contribution in [0.3, 0.4) is 0 Å². The van der Waals surface area contributed by atoms with Crippen LogP contribution >= 0.6 is 0 Å². The van der Waals surface area contributed by atoms with Crippen LogP contribution in [0.4, 0.5) is 0 Å². The highest BCUT2D eigenvalue weighted by molar-refractivity contribution is 5.98. The second-order valence-corrected chi connectivity index (χ2v) is 8.46. The SMILES string of the molecule is CCOC1OC(=O)C[C@@H]1NC(=O)[C@@H]1CC[C@@H]2CC=CC[C@H](NC(=O)c3ccccc3)C(=O)N21. The van der Waals surface area contributed by atoms with Crippen molar-refractivity contribution in [1.82, 2.24) is 15.5 Å². The van der Waals surface area contributed by atoms with Gasteiger partial charge in [-0.1, -0.05) is 30.4 Å². The van der Waals surface area contributed by atoms with Gasteiger partial charge in [-0.15, -0.1) is 0 Å². The zero-order valence-electron chi connectivity index (χ0n) is 18.6. The van der Waals surface area contributed by atoms with Crippen molar-refractivity contribution in [2.75, 3.05) is 6.61 Å². The molecule has 9 nitrogen and oxygen atoms in total. The zero-order valence-corrected chi connectivity index (χ0v) is 18.6. The normalized spacial score (nSPS) is 29.1. The highest BCUT2D eigenvalue weighted by Crippen LogP contribution is 2.30. The lowest BCUT2D eigenvalue weighted by Crippen LogP contribution is -2.57. The molecule has 3 heterocycles. The molecule has 3 aliphatic rings. The van der Waals surface area contributed by atoms with Gasteiger partial charge in [0.2, 0.25) is 18.1 Å². The van der Waals surface area contributed by atoms with E-state index < -0.39 is 30.4 Å². The highest BCUT2D eigenvalue weighted by atomic mass is 16.7. The number of ether oxygens (including phenoxy) is 2. The monoisotopic (exact) mass is 455 g/mol. The van der Waals surface area contributed by atoms with Crippen LogP contribution < -0.4 is 10.6 Å². The molecule has 0 bridgehead atoms. The van der Waals surface area contributed by atoms with Crippen LogP contribution in [-0.4, -0.2) is 65.7 Å². The van der Waals surface area contributed by atoms with Gasteiger partial charge in [-0.3, -0.25) is 19.2 Å². The van der Waals surface area contributed by atoms with Crippen LogP contribution in [0, 0.1) is 0 Å². The van der Waals surface area contributed by atoms with Gasteiger partial charge in [-0.25, -0.2) is 0 Å². The van der Waals surface area contributed by atoms with Gasteiger partial charge in [-0.2, -0.15) is 0 Å². The second kappa shape index (κ2) is 10.2. The summed E-state index contributed by atoms with van der Waals surface area (Å²) < 4.78 is 10.6. The molecule has 3 amide bonds. The van der Waals surface area contributed by atoms with E-state index >= 15 is 0 Å². The number of amides is 3. The fourth-order valence-corrected chi connectivity index (χ4v) is 4.67. The largest absolute Gasteiger partial charge is 0.433 e. The maximum absolute atomic E-state index is 13.5. The Morgan fingerprint density at radius 1 is 1.09 bits per heavy atom. The first-order valence-corrected chi connectivity index (χ1v) is 11.4. The van der Waals surface area contributed by atoms with Crippen molar-refractivity contribution in [3.05, 3.63) is 48.0 Å². The smallest absolute Gasteiger partial charge is 0.310 e. The lowest BCUT2D eigenvalue weighted by Gasteiger charge is -2.34. The summed E-state index contributed by atoms with van der Waals surface area (Å²) in [7, 11) is 0. The van der Waals surface area contributed by atoms with Crippen LogP contribution in [0.5, 0.6) is 0 Å². The predicted molar refractivity (Wildman–Crippen MR) is 118 cm³/mol. The molecule has 3 aliphatic heterocycles. The number of carbonyl (C=O) groups excluding carboxylic acids is 4. The molecule has 4 rings (SSSR count). The molecular formula is C24H29N3O6. The third-order valence-electron chi connectivity index (χ3n) is 6.27. The number of hydrogen-bond acceptors (Lipinski definition) is 6. The molecule has 0 radical (unpaired) electrons. The molecule has 2 N–H and O–H groups in total. The first-order valence-electron chi connectivity index (χ1n) is 11.4. The number of carbonyl (C=O) groups is 4. The second-order valence-electron chi connectivity index (χ2n) is 8.46.